The number of fused-ring (bicyclic) bond motifs is 1. The van der Waals surface area contributed by atoms with Crippen LogP contribution >= 0.6 is 23.1 Å². The lowest BCUT2D eigenvalue weighted by atomic mass is 10.1. The van der Waals surface area contributed by atoms with E-state index < -0.39 is 18.0 Å². The van der Waals surface area contributed by atoms with Gasteiger partial charge in [0.15, 0.2) is 4.34 Å². The van der Waals surface area contributed by atoms with Crippen molar-refractivity contribution in [2.45, 2.75) is 22.6 Å². The predicted octanol–water partition coefficient (Wildman–Crippen LogP) is 4.06. The zero-order valence-electron chi connectivity index (χ0n) is 13.7. The van der Waals surface area contributed by atoms with Crippen LogP contribution in [0.3, 0.4) is 0 Å². The molecule has 1 fully saturated rings. The minimum absolute atomic E-state index is 0.298. The first-order chi connectivity index (χ1) is 12.7. The molecule has 7 heteroatoms. The van der Waals surface area contributed by atoms with Crippen molar-refractivity contribution in [3.63, 3.8) is 0 Å². The van der Waals surface area contributed by atoms with Gasteiger partial charge in [0.2, 0.25) is 6.10 Å². The van der Waals surface area contributed by atoms with Crippen LogP contribution in [-0.4, -0.2) is 29.6 Å². The van der Waals surface area contributed by atoms with Gasteiger partial charge < -0.3 is 9.47 Å². The minimum Gasteiger partial charge on any atom is -0.463 e. The number of cyclic esters (lactones) is 1. The average molecular weight is 385 g/mol. The molecule has 5 nitrogen and oxygen atoms in total. The Balaban J connectivity index is 1.48. The summed E-state index contributed by atoms with van der Waals surface area (Å²) in [5, 5.41) is 0. The molecule has 1 saturated heterocycles. The first kappa shape index (κ1) is 17.1. The monoisotopic (exact) mass is 385 g/mol. The van der Waals surface area contributed by atoms with Crippen LogP contribution in [0.25, 0.3) is 10.2 Å². The van der Waals surface area contributed by atoms with E-state index in [1.165, 1.54) is 0 Å². The topological polar surface area (TPSA) is 65.5 Å². The first-order valence-electron chi connectivity index (χ1n) is 8.14. The zero-order chi connectivity index (χ0) is 17.9. The second kappa shape index (κ2) is 7.47. The quantitative estimate of drug-likeness (QED) is 0.487. The molecule has 0 spiro atoms. The molecular weight excluding hydrogens is 370 g/mol. The standard InChI is InChI=1S/C19H15NO4S2/c21-17(24-15-9-10-23-18(15)22)13-6-2-1-5-12(13)11-25-19-20-14-7-3-4-8-16(14)26-19/h1-8,15H,9-11H2/t15-/m0/s1. The molecular formula is C19H15NO4S2. The van der Waals surface area contributed by atoms with Crippen LogP contribution in [0, 0.1) is 0 Å². The van der Waals surface area contributed by atoms with Crippen molar-refractivity contribution in [3.8, 4) is 0 Å². The van der Waals surface area contributed by atoms with E-state index in [1.807, 2.05) is 36.4 Å². The highest BCUT2D eigenvalue weighted by Crippen LogP contribution is 2.32. The second-order valence-electron chi connectivity index (χ2n) is 5.74. The molecule has 1 aliphatic rings. The molecule has 3 aromatic rings. The number of nitrogens with zero attached hydrogens (tertiary/aromatic N) is 1. The van der Waals surface area contributed by atoms with Crippen molar-refractivity contribution in [2.24, 2.45) is 0 Å². The Morgan fingerprint density at radius 2 is 2.04 bits per heavy atom. The van der Waals surface area contributed by atoms with Crippen LogP contribution in [-0.2, 0) is 20.0 Å². The number of benzene rings is 2. The lowest BCUT2D eigenvalue weighted by Gasteiger charge is -2.11. The van der Waals surface area contributed by atoms with Gasteiger partial charge in [-0.3, -0.25) is 0 Å². The van der Waals surface area contributed by atoms with Gasteiger partial charge in [-0.1, -0.05) is 42.1 Å². The molecule has 0 unspecified atom stereocenters. The van der Waals surface area contributed by atoms with Gasteiger partial charge in [0.25, 0.3) is 0 Å². The smallest absolute Gasteiger partial charge is 0.347 e. The summed E-state index contributed by atoms with van der Waals surface area (Å²) in [4.78, 5) is 28.6. The number of ether oxygens (including phenoxy) is 2. The van der Waals surface area contributed by atoms with Crippen molar-refractivity contribution in [3.05, 3.63) is 59.7 Å². The number of carbonyl (C=O) groups is 2. The average Bonchev–Trinajstić information content (AvgIpc) is 3.26. The normalized spacial score (nSPS) is 16.6. The third kappa shape index (κ3) is 3.59. The predicted molar refractivity (Wildman–Crippen MR) is 100 cm³/mol. The first-order valence-corrected chi connectivity index (χ1v) is 9.95. The van der Waals surface area contributed by atoms with Crippen molar-refractivity contribution < 1.29 is 19.1 Å². The van der Waals surface area contributed by atoms with E-state index in [4.69, 9.17) is 9.47 Å². The molecule has 1 atom stereocenters. The highest BCUT2D eigenvalue weighted by Gasteiger charge is 2.31. The summed E-state index contributed by atoms with van der Waals surface area (Å²) in [7, 11) is 0. The lowest BCUT2D eigenvalue weighted by molar-refractivity contribution is -0.145. The highest BCUT2D eigenvalue weighted by atomic mass is 32.2. The van der Waals surface area contributed by atoms with Crippen LogP contribution in [0.15, 0.2) is 52.9 Å². The second-order valence-corrected chi connectivity index (χ2v) is 8.00. The summed E-state index contributed by atoms with van der Waals surface area (Å²) in [5.41, 5.74) is 2.31. The lowest BCUT2D eigenvalue weighted by Crippen LogP contribution is -2.23. The Bertz CT molecular complexity index is 936. The van der Waals surface area contributed by atoms with Gasteiger partial charge >= 0.3 is 11.9 Å². The maximum atomic E-state index is 12.5. The number of carbonyl (C=O) groups excluding carboxylic acids is 2. The minimum atomic E-state index is -0.799. The fourth-order valence-corrected chi connectivity index (χ4v) is 4.75. The van der Waals surface area contributed by atoms with Gasteiger partial charge in [0, 0.05) is 12.2 Å². The van der Waals surface area contributed by atoms with Gasteiger partial charge in [-0.25, -0.2) is 14.6 Å². The van der Waals surface area contributed by atoms with E-state index in [-0.39, 0.29) is 0 Å². The number of hydrogen-bond donors (Lipinski definition) is 0. The number of esters is 2. The zero-order valence-corrected chi connectivity index (χ0v) is 15.3. The summed E-state index contributed by atoms with van der Waals surface area (Å²) in [6.45, 7) is 0.298. The largest absolute Gasteiger partial charge is 0.463 e. The Labute approximate surface area is 158 Å². The van der Waals surface area contributed by atoms with Gasteiger partial charge in [-0.15, -0.1) is 11.3 Å². The summed E-state index contributed by atoms with van der Waals surface area (Å²) >= 11 is 3.21. The third-order valence-electron chi connectivity index (χ3n) is 4.00. The summed E-state index contributed by atoms with van der Waals surface area (Å²) in [5.74, 6) is -0.366. The molecule has 26 heavy (non-hydrogen) atoms. The van der Waals surface area contributed by atoms with Gasteiger partial charge in [0.1, 0.15) is 0 Å². The Hall–Kier alpha value is -2.38. The van der Waals surface area contributed by atoms with Crippen molar-refractivity contribution in [1.82, 2.24) is 4.98 Å². The Kier molecular flexibility index (Phi) is 4.90. The SMILES string of the molecule is O=C(O[C@H]1CCOC1=O)c1ccccc1CSc1nc2ccccc2s1. The van der Waals surface area contributed by atoms with E-state index in [0.717, 1.165) is 20.1 Å². The molecule has 4 rings (SSSR count). The summed E-state index contributed by atoms with van der Waals surface area (Å²) in [6.07, 6.45) is -0.389. The number of aromatic nitrogens is 1. The molecule has 0 bridgehead atoms. The number of thioether (sulfide) groups is 1. The Morgan fingerprint density at radius 1 is 1.23 bits per heavy atom. The van der Waals surface area contributed by atoms with Crippen LogP contribution in [0.2, 0.25) is 0 Å². The molecule has 1 aliphatic heterocycles. The number of rotatable bonds is 5. The van der Waals surface area contributed by atoms with Crippen LogP contribution < -0.4 is 0 Å². The molecule has 0 saturated carbocycles. The number of thiazole rings is 1. The maximum absolute atomic E-state index is 12.5. The van der Waals surface area contributed by atoms with Crippen molar-refractivity contribution in [2.75, 3.05) is 6.61 Å². The van der Waals surface area contributed by atoms with E-state index in [1.54, 1.807) is 35.2 Å². The van der Waals surface area contributed by atoms with E-state index in [0.29, 0.717) is 24.3 Å². The Morgan fingerprint density at radius 3 is 2.85 bits per heavy atom. The molecule has 2 aromatic carbocycles. The summed E-state index contributed by atoms with van der Waals surface area (Å²) in [6, 6.07) is 15.3. The van der Waals surface area contributed by atoms with Crippen LogP contribution in [0.5, 0.6) is 0 Å². The molecule has 0 aliphatic carbocycles. The maximum Gasteiger partial charge on any atom is 0.347 e. The number of hydrogen-bond acceptors (Lipinski definition) is 7. The molecule has 132 valence electrons. The fraction of sp³-hybridized carbons (Fsp3) is 0.211. The number of para-hydroxylation sites is 1. The van der Waals surface area contributed by atoms with Gasteiger partial charge in [0.05, 0.1) is 22.4 Å². The highest BCUT2D eigenvalue weighted by molar-refractivity contribution is 8.00. The van der Waals surface area contributed by atoms with E-state index in [9.17, 15) is 9.59 Å². The van der Waals surface area contributed by atoms with E-state index >= 15 is 0 Å². The van der Waals surface area contributed by atoms with Crippen LogP contribution in [0.4, 0.5) is 0 Å². The third-order valence-corrected chi connectivity index (χ3v) is 6.23. The van der Waals surface area contributed by atoms with Gasteiger partial charge in [-0.05, 0) is 23.8 Å². The van der Waals surface area contributed by atoms with Gasteiger partial charge in [-0.2, -0.15) is 0 Å². The molecule has 1 aromatic heterocycles. The fourth-order valence-electron chi connectivity index (χ4n) is 2.67. The van der Waals surface area contributed by atoms with Crippen molar-refractivity contribution >= 4 is 45.3 Å². The van der Waals surface area contributed by atoms with E-state index in [2.05, 4.69) is 4.98 Å². The molecule has 0 N–H and O–H groups in total. The molecule has 0 radical (unpaired) electrons. The van der Waals surface area contributed by atoms with Crippen LogP contribution in [0.1, 0.15) is 22.3 Å². The van der Waals surface area contributed by atoms with Crippen molar-refractivity contribution in [1.29, 1.82) is 0 Å². The molecule has 2 heterocycles. The molecule has 0 amide bonds. The summed E-state index contributed by atoms with van der Waals surface area (Å²) < 4.78 is 12.2.